The van der Waals surface area contributed by atoms with Crippen molar-refractivity contribution in [3.8, 4) is 0 Å². The Balaban J connectivity index is 1.88. The summed E-state index contributed by atoms with van der Waals surface area (Å²) in [5, 5.41) is 0.948. The molecule has 19 heavy (non-hydrogen) atoms. The Morgan fingerprint density at radius 3 is 2.68 bits per heavy atom. The minimum absolute atomic E-state index is 0.273. The third-order valence-corrected chi connectivity index (χ3v) is 4.27. The number of carbonyl (C=O) groups excluding carboxylic acids is 1. The number of nitrogens with zero attached hydrogens (tertiary/aromatic N) is 1. The number of hydrogen-bond acceptors (Lipinski definition) is 3. The highest BCUT2D eigenvalue weighted by molar-refractivity contribution is 7.11. The summed E-state index contributed by atoms with van der Waals surface area (Å²) in [4.78, 5) is 17.6. The van der Waals surface area contributed by atoms with Gasteiger partial charge in [0, 0.05) is 11.3 Å². The first kappa shape index (κ1) is 13.9. The number of thiazole rings is 1. The Bertz CT molecular complexity index is 567. The van der Waals surface area contributed by atoms with Gasteiger partial charge in [0.15, 0.2) is 0 Å². The van der Waals surface area contributed by atoms with Crippen molar-refractivity contribution in [2.45, 2.75) is 40.0 Å². The van der Waals surface area contributed by atoms with E-state index in [0.29, 0.717) is 12.8 Å². The van der Waals surface area contributed by atoms with Crippen molar-refractivity contribution in [3.05, 3.63) is 51.0 Å². The van der Waals surface area contributed by atoms with Gasteiger partial charge in [-0.25, -0.2) is 4.98 Å². The smallest absolute Gasteiger partial charge is 0.140 e. The minimum atomic E-state index is 0.273. The van der Waals surface area contributed by atoms with E-state index in [1.807, 2.05) is 19.9 Å². The molecule has 3 heteroatoms. The quantitative estimate of drug-likeness (QED) is 0.829. The number of Topliss-reactive ketones (excluding diaryl/α,β-unsaturated/α-hetero) is 1. The van der Waals surface area contributed by atoms with Gasteiger partial charge in [-0.15, -0.1) is 11.3 Å². The van der Waals surface area contributed by atoms with Crippen LogP contribution < -0.4 is 0 Å². The van der Waals surface area contributed by atoms with E-state index in [2.05, 4.69) is 30.1 Å². The van der Waals surface area contributed by atoms with Crippen LogP contribution in [0.25, 0.3) is 0 Å². The molecule has 0 bridgehead atoms. The van der Waals surface area contributed by atoms with Crippen LogP contribution in [0.4, 0.5) is 0 Å². The van der Waals surface area contributed by atoms with Crippen molar-refractivity contribution in [2.24, 2.45) is 0 Å². The minimum Gasteiger partial charge on any atom is -0.299 e. The Morgan fingerprint density at radius 1 is 1.26 bits per heavy atom. The van der Waals surface area contributed by atoms with Gasteiger partial charge in [-0.3, -0.25) is 4.79 Å². The van der Waals surface area contributed by atoms with Crippen LogP contribution in [-0.2, 0) is 17.6 Å². The average molecular weight is 273 g/mol. The fourth-order valence-electron chi connectivity index (χ4n) is 2.02. The molecule has 0 atom stereocenters. The second-order valence-corrected chi connectivity index (χ2v) is 6.24. The van der Waals surface area contributed by atoms with E-state index in [1.165, 1.54) is 16.0 Å². The number of carbonyl (C=O) groups is 1. The van der Waals surface area contributed by atoms with Crippen molar-refractivity contribution in [1.29, 1.82) is 0 Å². The van der Waals surface area contributed by atoms with Crippen LogP contribution in [-0.4, -0.2) is 10.8 Å². The standard InChI is InChI=1S/C16H19NOS/c1-11-5-4-6-14(9-11)7-8-15(18)10-16-17-12(2)13(3)19-16/h4-6,9H,7-8,10H2,1-3H3. The Kier molecular flexibility index (Phi) is 4.48. The zero-order chi connectivity index (χ0) is 13.8. The summed E-state index contributed by atoms with van der Waals surface area (Å²) in [6.45, 7) is 6.12. The molecular formula is C16H19NOS. The van der Waals surface area contributed by atoms with Crippen molar-refractivity contribution in [1.82, 2.24) is 4.98 Å². The van der Waals surface area contributed by atoms with Crippen LogP contribution >= 0.6 is 11.3 Å². The van der Waals surface area contributed by atoms with Gasteiger partial charge in [0.25, 0.3) is 0 Å². The normalized spacial score (nSPS) is 10.7. The molecule has 100 valence electrons. The largest absolute Gasteiger partial charge is 0.299 e. The van der Waals surface area contributed by atoms with E-state index in [1.54, 1.807) is 11.3 Å². The molecule has 0 unspecified atom stereocenters. The maximum atomic E-state index is 12.0. The molecule has 0 radical (unpaired) electrons. The summed E-state index contributed by atoms with van der Waals surface area (Å²) in [6.07, 6.45) is 1.90. The van der Waals surface area contributed by atoms with Crippen LogP contribution in [0.15, 0.2) is 24.3 Å². The van der Waals surface area contributed by atoms with Gasteiger partial charge in [0.2, 0.25) is 0 Å². The van der Waals surface area contributed by atoms with Crippen molar-refractivity contribution in [3.63, 3.8) is 0 Å². The summed E-state index contributed by atoms with van der Waals surface area (Å²) >= 11 is 1.63. The summed E-state index contributed by atoms with van der Waals surface area (Å²) in [5.41, 5.74) is 3.53. The van der Waals surface area contributed by atoms with Crippen LogP contribution in [0.3, 0.4) is 0 Å². The van der Waals surface area contributed by atoms with Crippen molar-refractivity contribution >= 4 is 17.1 Å². The summed E-state index contributed by atoms with van der Waals surface area (Å²) in [6, 6.07) is 8.35. The molecule has 0 fully saturated rings. The molecule has 1 heterocycles. The monoisotopic (exact) mass is 273 g/mol. The highest BCUT2D eigenvalue weighted by Crippen LogP contribution is 2.17. The van der Waals surface area contributed by atoms with E-state index in [-0.39, 0.29) is 5.78 Å². The summed E-state index contributed by atoms with van der Waals surface area (Å²) in [7, 11) is 0. The van der Waals surface area contributed by atoms with E-state index in [9.17, 15) is 4.79 Å². The number of aromatic nitrogens is 1. The molecule has 0 N–H and O–H groups in total. The van der Waals surface area contributed by atoms with Crippen LogP contribution in [0.5, 0.6) is 0 Å². The van der Waals surface area contributed by atoms with Gasteiger partial charge >= 0.3 is 0 Å². The third kappa shape index (κ3) is 4.00. The van der Waals surface area contributed by atoms with Crippen LogP contribution in [0, 0.1) is 20.8 Å². The highest BCUT2D eigenvalue weighted by Gasteiger charge is 2.09. The van der Waals surface area contributed by atoms with Gasteiger partial charge in [-0.05, 0) is 32.8 Å². The van der Waals surface area contributed by atoms with E-state index in [0.717, 1.165) is 17.1 Å². The summed E-state index contributed by atoms with van der Waals surface area (Å²) < 4.78 is 0. The molecule has 0 amide bonds. The zero-order valence-electron chi connectivity index (χ0n) is 11.7. The lowest BCUT2D eigenvalue weighted by Crippen LogP contribution is -2.04. The van der Waals surface area contributed by atoms with E-state index < -0.39 is 0 Å². The number of hydrogen-bond donors (Lipinski definition) is 0. The number of ketones is 1. The molecule has 0 aliphatic carbocycles. The van der Waals surface area contributed by atoms with Gasteiger partial charge in [-0.2, -0.15) is 0 Å². The van der Waals surface area contributed by atoms with Gasteiger partial charge in [0.05, 0.1) is 12.1 Å². The van der Waals surface area contributed by atoms with E-state index >= 15 is 0 Å². The average Bonchev–Trinajstić information content (AvgIpc) is 2.66. The molecule has 1 aromatic heterocycles. The molecule has 0 saturated heterocycles. The molecule has 1 aromatic carbocycles. The first-order valence-corrected chi connectivity index (χ1v) is 7.36. The molecular weight excluding hydrogens is 254 g/mol. The number of benzene rings is 1. The van der Waals surface area contributed by atoms with Crippen LogP contribution in [0.1, 0.15) is 33.1 Å². The maximum Gasteiger partial charge on any atom is 0.140 e. The SMILES string of the molecule is Cc1cccc(CCC(=O)Cc2nc(C)c(C)s2)c1. The highest BCUT2D eigenvalue weighted by atomic mass is 32.1. The Labute approximate surface area is 118 Å². The fraction of sp³-hybridized carbons (Fsp3) is 0.375. The first-order valence-electron chi connectivity index (χ1n) is 6.55. The van der Waals surface area contributed by atoms with Crippen molar-refractivity contribution in [2.75, 3.05) is 0 Å². The first-order chi connectivity index (χ1) is 9.04. The molecule has 0 spiro atoms. The zero-order valence-corrected chi connectivity index (χ0v) is 12.5. The molecule has 0 aliphatic rings. The molecule has 0 aliphatic heterocycles. The fourth-order valence-corrected chi connectivity index (χ4v) is 2.99. The van der Waals surface area contributed by atoms with Crippen LogP contribution in [0.2, 0.25) is 0 Å². The third-order valence-electron chi connectivity index (χ3n) is 3.20. The molecule has 0 saturated carbocycles. The van der Waals surface area contributed by atoms with Gasteiger partial charge < -0.3 is 0 Å². The maximum absolute atomic E-state index is 12.0. The Morgan fingerprint density at radius 2 is 2.05 bits per heavy atom. The van der Waals surface area contributed by atoms with Crippen molar-refractivity contribution < 1.29 is 4.79 Å². The lowest BCUT2D eigenvalue weighted by Gasteiger charge is -2.01. The predicted octanol–water partition coefficient (Wildman–Crippen LogP) is 3.81. The molecule has 2 nitrogen and oxygen atoms in total. The number of aryl methyl sites for hydroxylation is 4. The van der Waals surface area contributed by atoms with Gasteiger partial charge in [-0.1, -0.05) is 29.8 Å². The topological polar surface area (TPSA) is 30.0 Å². The van der Waals surface area contributed by atoms with E-state index in [4.69, 9.17) is 0 Å². The number of rotatable bonds is 5. The second-order valence-electron chi connectivity index (χ2n) is 4.95. The Hall–Kier alpha value is -1.48. The second kappa shape index (κ2) is 6.11. The lowest BCUT2D eigenvalue weighted by molar-refractivity contribution is -0.118. The lowest BCUT2D eigenvalue weighted by atomic mass is 10.0. The molecule has 2 rings (SSSR count). The molecule has 2 aromatic rings. The summed E-state index contributed by atoms with van der Waals surface area (Å²) in [5.74, 6) is 0.273. The predicted molar refractivity (Wildman–Crippen MR) is 79.8 cm³/mol. The van der Waals surface area contributed by atoms with Gasteiger partial charge in [0.1, 0.15) is 10.8 Å².